The molecule has 0 bridgehead atoms. The lowest BCUT2D eigenvalue weighted by Crippen LogP contribution is -2.05. The Labute approximate surface area is 87.0 Å². The minimum absolute atomic E-state index is 0.445. The first-order valence-electron chi connectivity index (χ1n) is 5.18. The summed E-state index contributed by atoms with van der Waals surface area (Å²) in [7, 11) is 0. The highest BCUT2D eigenvalue weighted by atomic mass is 16.6. The third kappa shape index (κ3) is 1.19. The van der Waals surface area contributed by atoms with Gasteiger partial charge in [-0.3, -0.25) is 0 Å². The van der Waals surface area contributed by atoms with Crippen molar-refractivity contribution in [2.75, 3.05) is 0 Å². The Balaban J connectivity index is 2.20. The second-order valence-electron chi connectivity index (χ2n) is 4.05. The van der Waals surface area contributed by atoms with E-state index in [0.29, 0.717) is 11.1 Å². The Bertz CT molecular complexity index is 431. The van der Waals surface area contributed by atoms with Gasteiger partial charge in [-0.05, 0) is 48.9 Å². The van der Waals surface area contributed by atoms with Crippen LogP contribution >= 0.6 is 0 Å². The number of cyclic esters (lactones) is 2. The van der Waals surface area contributed by atoms with Crippen LogP contribution in [0.2, 0.25) is 0 Å². The largest absolute Gasteiger partial charge is 0.386 e. The van der Waals surface area contributed by atoms with Gasteiger partial charge in [0.15, 0.2) is 0 Å². The maximum Gasteiger partial charge on any atom is 0.346 e. The second kappa shape index (κ2) is 2.92. The first-order valence-corrected chi connectivity index (χ1v) is 5.18. The first-order chi connectivity index (χ1) is 7.25. The Morgan fingerprint density at radius 2 is 1.33 bits per heavy atom. The molecule has 76 valence electrons. The maximum absolute atomic E-state index is 11.3. The van der Waals surface area contributed by atoms with Crippen LogP contribution < -0.4 is 0 Å². The summed E-state index contributed by atoms with van der Waals surface area (Å²) in [6.45, 7) is 0. The van der Waals surface area contributed by atoms with Gasteiger partial charge in [0.1, 0.15) is 0 Å². The predicted octanol–water partition coefficient (Wildman–Crippen LogP) is 1.88. The van der Waals surface area contributed by atoms with Crippen LogP contribution in [0.25, 0.3) is 0 Å². The van der Waals surface area contributed by atoms with Gasteiger partial charge in [0.2, 0.25) is 0 Å². The summed E-state index contributed by atoms with van der Waals surface area (Å²) in [4.78, 5) is 22.6. The van der Waals surface area contributed by atoms with Crippen LogP contribution in [0, 0.1) is 0 Å². The zero-order valence-corrected chi connectivity index (χ0v) is 8.21. The molecule has 1 aromatic rings. The van der Waals surface area contributed by atoms with Crippen LogP contribution in [0.1, 0.15) is 44.7 Å². The van der Waals surface area contributed by atoms with Crippen molar-refractivity contribution in [1.82, 2.24) is 0 Å². The highest BCUT2D eigenvalue weighted by Gasteiger charge is 2.31. The molecule has 0 unspecified atom stereocenters. The molecule has 2 aliphatic rings. The zero-order chi connectivity index (χ0) is 10.4. The average Bonchev–Trinajstić information content (AvgIpc) is 2.52. The monoisotopic (exact) mass is 202 g/mol. The number of aryl methyl sites for hydroxylation is 2. The number of hydrogen-bond donors (Lipinski definition) is 0. The summed E-state index contributed by atoms with van der Waals surface area (Å²) in [6.07, 6.45) is 4.33. The zero-order valence-electron chi connectivity index (χ0n) is 8.21. The highest BCUT2D eigenvalue weighted by Crippen LogP contribution is 2.28. The van der Waals surface area contributed by atoms with Crippen LogP contribution in [-0.4, -0.2) is 11.9 Å². The third-order valence-corrected chi connectivity index (χ3v) is 3.11. The lowest BCUT2D eigenvalue weighted by atomic mass is 9.88. The van der Waals surface area contributed by atoms with Crippen molar-refractivity contribution >= 4 is 11.9 Å². The van der Waals surface area contributed by atoms with Gasteiger partial charge >= 0.3 is 11.9 Å². The van der Waals surface area contributed by atoms with E-state index in [0.717, 1.165) is 25.7 Å². The van der Waals surface area contributed by atoms with Crippen LogP contribution in [0.15, 0.2) is 12.1 Å². The Hall–Kier alpha value is -1.64. The molecule has 1 aliphatic heterocycles. The number of carbonyl (C=O) groups excluding carboxylic acids is 2. The van der Waals surface area contributed by atoms with Crippen molar-refractivity contribution in [3.63, 3.8) is 0 Å². The van der Waals surface area contributed by atoms with Crippen LogP contribution in [-0.2, 0) is 17.6 Å². The third-order valence-electron chi connectivity index (χ3n) is 3.11. The molecular weight excluding hydrogens is 192 g/mol. The minimum atomic E-state index is -0.497. The van der Waals surface area contributed by atoms with Crippen LogP contribution in [0.5, 0.6) is 0 Å². The summed E-state index contributed by atoms with van der Waals surface area (Å²) in [5.41, 5.74) is 3.29. The minimum Gasteiger partial charge on any atom is -0.386 e. The molecule has 15 heavy (non-hydrogen) atoms. The fourth-order valence-corrected chi connectivity index (χ4v) is 2.32. The van der Waals surface area contributed by atoms with Gasteiger partial charge < -0.3 is 4.74 Å². The number of rotatable bonds is 0. The molecule has 1 aromatic carbocycles. The van der Waals surface area contributed by atoms with E-state index < -0.39 is 11.9 Å². The number of fused-ring (bicyclic) bond motifs is 2. The number of carbonyl (C=O) groups is 2. The van der Waals surface area contributed by atoms with E-state index in [-0.39, 0.29) is 0 Å². The molecule has 0 saturated heterocycles. The molecule has 0 fully saturated rings. The fourth-order valence-electron chi connectivity index (χ4n) is 2.32. The predicted molar refractivity (Wildman–Crippen MR) is 52.8 cm³/mol. The van der Waals surface area contributed by atoms with E-state index in [1.54, 1.807) is 0 Å². The number of hydrogen-bond acceptors (Lipinski definition) is 3. The molecule has 3 heteroatoms. The molecular formula is C12H10O3. The summed E-state index contributed by atoms with van der Waals surface area (Å²) in [5, 5.41) is 0. The van der Waals surface area contributed by atoms with E-state index in [9.17, 15) is 9.59 Å². The van der Waals surface area contributed by atoms with Gasteiger partial charge in [0.05, 0.1) is 11.1 Å². The van der Waals surface area contributed by atoms with E-state index >= 15 is 0 Å². The van der Waals surface area contributed by atoms with E-state index in [1.165, 1.54) is 11.1 Å². The van der Waals surface area contributed by atoms with Gasteiger partial charge in [-0.25, -0.2) is 9.59 Å². The van der Waals surface area contributed by atoms with E-state index in [2.05, 4.69) is 4.74 Å². The van der Waals surface area contributed by atoms with Gasteiger partial charge in [-0.2, -0.15) is 0 Å². The van der Waals surface area contributed by atoms with Gasteiger partial charge in [-0.1, -0.05) is 0 Å². The molecule has 1 heterocycles. The lowest BCUT2D eigenvalue weighted by molar-refractivity contribution is 0.0444. The van der Waals surface area contributed by atoms with Crippen molar-refractivity contribution in [2.45, 2.75) is 25.7 Å². The van der Waals surface area contributed by atoms with Gasteiger partial charge in [0, 0.05) is 0 Å². The molecule has 0 spiro atoms. The normalized spacial score (nSPS) is 18.4. The first kappa shape index (κ1) is 8.65. The lowest BCUT2D eigenvalue weighted by Gasteiger charge is -2.15. The fraction of sp³-hybridized carbons (Fsp3) is 0.333. The summed E-state index contributed by atoms with van der Waals surface area (Å²) in [6, 6.07) is 3.66. The number of benzene rings is 1. The van der Waals surface area contributed by atoms with Crippen molar-refractivity contribution in [1.29, 1.82) is 0 Å². The van der Waals surface area contributed by atoms with Gasteiger partial charge in [0.25, 0.3) is 0 Å². The Morgan fingerprint density at radius 3 is 1.80 bits per heavy atom. The van der Waals surface area contributed by atoms with Crippen molar-refractivity contribution < 1.29 is 14.3 Å². The molecule has 0 N–H and O–H groups in total. The summed E-state index contributed by atoms with van der Waals surface area (Å²) in [5.74, 6) is -0.994. The summed E-state index contributed by atoms with van der Waals surface area (Å²) >= 11 is 0. The highest BCUT2D eigenvalue weighted by molar-refractivity contribution is 6.14. The molecule has 0 amide bonds. The molecule has 3 rings (SSSR count). The molecule has 1 aliphatic carbocycles. The SMILES string of the molecule is O=C1OC(=O)c2cc3c(cc21)CCCC3. The van der Waals surface area contributed by atoms with Crippen molar-refractivity contribution in [3.05, 3.63) is 34.4 Å². The van der Waals surface area contributed by atoms with Crippen molar-refractivity contribution in [2.24, 2.45) is 0 Å². The van der Waals surface area contributed by atoms with Gasteiger partial charge in [-0.15, -0.1) is 0 Å². The van der Waals surface area contributed by atoms with Crippen LogP contribution in [0.4, 0.5) is 0 Å². The Morgan fingerprint density at radius 1 is 0.867 bits per heavy atom. The molecule has 0 radical (unpaired) electrons. The smallest absolute Gasteiger partial charge is 0.346 e. The van der Waals surface area contributed by atoms with E-state index in [1.807, 2.05) is 12.1 Å². The topological polar surface area (TPSA) is 43.4 Å². The molecule has 0 atom stereocenters. The van der Waals surface area contributed by atoms with Crippen LogP contribution in [0.3, 0.4) is 0 Å². The molecule has 3 nitrogen and oxygen atoms in total. The number of ether oxygens (including phenoxy) is 1. The molecule has 0 aromatic heterocycles. The average molecular weight is 202 g/mol. The quantitative estimate of drug-likeness (QED) is 0.476. The summed E-state index contributed by atoms with van der Waals surface area (Å²) < 4.78 is 4.57. The molecule has 0 saturated carbocycles. The maximum atomic E-state index is 11.3. The second-order valence-corrected chi connectivity index (χ2v) is 4.05. The number of esters is 2. The Kier molecular flexibility index (Phi) is 1.69. The van der Waals surface area contributed by atoms with E-state index in [4.69, 9.17) is 0 Å². The standard InChI is InChI=1S/C12H10O3/c13-11-9-5-7-3-1-2-4-8(7)6-10(9)12(14)15-11/h5-6H,1-4H2. The van der Waals surface area contributed by atoms with Crippen molar-refractivity contribution in [3.8, 4) is 0 Å².